The van der Waals surface area contributed by atoms with Gasteiger partial charge in [0.1, 0.15) is 5.60 Å². The van der Waals surface area contributed by atoms with Crippen molar-refractivity contribution in [3.8, 4) is 0 Å². The fraction of sp³-hybridized carbons (Fsp3) is 0.769. The number of ether oxygens (including phenoxy) is 1. The van der Waals surface area contributed by atoms with E-state index in [1.807, 2.05) is 0 Å². The van der Waals surface area contributed by atoms with Crippen LogP contribution in [0.25, 0.3) is 0 Å². The number of nitrogens with zero attached hydrogens (tertiary/aromatic N) is 1. The van der Waals surface area contributed by atoms with E-state index in [0.717, 1.165) is 0 Å². The summed E-state index contributed by atoms with van der Waals surface area (Å²) in [5.41, 5.74) is -0.560. The standard InChI is InChI=1S/C13H22N2O5/c1-13(2,3)20-12(19)14-5-4-10(16)15-7-9(8-15)6-11(17)18/h9H,4-8H2,1-3H3,(H,14,19)(H,17,18). The molecule has 1 aliphatic rings. The van der Waals surface area contributed by atoms with Crippen molar-refractivity contribution in [1.82, 2.24) is 10.2 Å². The van der Waals surface area contributed by atoms with E-state index in [4.69, 9.17) is 9.84 Å². The molecule has 2 N–H and O–H groups in total. The summed E-state index contributed by atoms with van der Waals surface area (Å²) in [5, 5.41) is 11.1. The SMILES string of the molecule is CC(C)(C)OC(=O)NCCC(=O)N1CC(CC(=O)O)C1. The number of hydrogen-bond donors (Lipinski definition) is 2. The molecule has 1 fully saturated rings. The van der Waals surface area contributed by atoms with Crippen LogP contribution in [0, 0.1) is 5.92 Å². The Hall–Kier alpha value is -1.79. The third-order valence-electron chi connectivity index (χ3n) is 2.78. The Kier molecular flexibility index (Phi) is 5.35. The summed E-state index contributed by atoms with van der Waals surface area (Å²) in [4.78, 5) is 35.1. The molecule has 1 aliphatic heterocycles. The van der Waals surface area contributed by atoms with Crippen molar-refractivity contribution < 1.29 is 24.2 Å². The van der Waals surface area contributed by atoms with Gasteiger partial charge in [-0.25, -0.2) is 4.79 Å². The van der Waals surface area contributed by atoms with E-state index < -0.39 is 17.7 Å². The van der Waals surface area contributed by atoms with Gasteiger partial charge in [0.25, 0.3) is 0 Å². The maximum atomic E-state index is 11.7. The maximum absolute atomic E-state index is 11.7. The maximum Gasteiger partial charge on any atom is 0.407 e. The van der Waals surface area contributed by atoms with Crippen LogP contribution >= 0.6 is 0 Å². The van der Waals surface area contributed by atoms with Gasteiger partial charge in [-0.3, -0.25) is 9.59 Å². The number of carbonyl (C=O) groups excluding carboxylic acids is 2. The zero-order valence-corrected chi connectivity index (χ0v) is 12.1. The molecule has 114 valence electrons. The molecule has 0 aliphatic carbocycles. The fourth-order valence-corrected chi connectivity index (χ4v) is 1.89. The summed E-state index contributed by atoms with van der Waals surface area (Å²) in [6, 6.07) is 0. The van der Waals surface area contributed by atoms with E-state index in [1.54, 1.807) is 25.7 Å². The summed E-state index contributed by atoms with van der Waals surface area (Å²) in [5.74, 6) is -0.869. The van der Waals surface area contributed by atoms with Crippen LogP contribution in [0.3, 0.4) is 0 Å². The molecule has 2 amide bonds. The number of carboxylic acids is 1. The van der Waals surface area contributed by atoms with Crippen LogP contribution in [0.5, 0.6) is 0 Å². The largest absolute Gasteiger partial charge is 0.481 e. The molecule has 0 bridgehead atoms. The molecule has 20 heavy (non-hydrogen) atoms. The van der Waals surface area contributed by atoms with Crippen molar-refractivity contribution in [2.75, 3.05) is 19.6 Å². The molecule has 0 radical (unpaired) electrons. The average Bonchev–Trinajstić information content (AvgIpc) is 2.19. The number of rotatable bonds is 5. The molecule has 1 rings (SSSR count). The van der Waals surface area contributed by atoms with Gasteiger partial charge in [0.15, 0.2) is 0 Å². The van der Waals surface area contributed by atoms with Crippen molar-refractivity contribution in [3.63, 3.8) is 0 Å². The summed E-state index contributed by atoms with van der Waals surface area (Å²) in [6.07, 6.45) is -0.253. The second-order valence-corrected chi connectivity index (χ2v) is 5.94. The normalized spacial score (nSPS) is 15.4. The predicted molar refractivity (Wildman–Crippen MR) is 71.2 cm³/mol. The molecular weight excluding hydrogens is 264 g/mol. The lowest BCUT2D eigenvalue weighted by atomic mass is 9.96. The molecule has 0 aromatic heterocycles. The minimum Gasteiger partial charge on any atom is -0.481 e. The van der Waals surface area contributed by atoms with Crippen molar-refractivity contribution in [3.05, 3.63) is 0 Å². The number of amides is 2. The highest BCUT2D eigenvalue weighted by atomic mass is 16.6. The third kappa shape index (κ3) is 5.90. The minimum atomic E-state index is -0.839. The third-order valence-corrected chi connectivity index (χ3v) is 2.78. The lowest BCUT2D eigenvalue weighted by Gasteiger charge is -2.38. The lowest BCUT2D eigenvalue weighted by molar-refractivity contribution is -0.145. The number of carbonyl (C=O) groups is 3. The van der Waals surface area contributed by atoms with Gasteiger partial charge in [-0.05, 0) is 20.8 Å². The Morgan fingerprint density at radius 3 is 2.40 bits per heavy atom. The van der Waals surface area contributed by atoms with Crippen molar-refractivity contribution in [2.24, 2.45) is 5.92 Å². The molecule has 1 heterocycles. The van der Waals surface area contributed by atoms with Crippen molar-refractivity contribution in [2.45, 2.75) is 39.2 Å². The van der Waals surface area contributed by atoms with Gasteiger partial charge in [0.2, 0.25) is 5.91 Å². The zero-order chi connectivity index (χ0) is 15.3. The second kappa shape index (κ2) is 6.58. The molecule has 0 aromatic rings. The first-order chi connectivity index (χ1) is 9.17. The van der Waals surface area contributed by atoms with Crippen LogP contribution in [-0.2, 0) is 14.3 Å². The number of aliphatic carboxylic acids is 1. The highest BCUT2D eigenvalue weighted by Gasteiger charge is 2.31. The molecule has 7 nitrogen and oxygen atoms in total. The highest BCUT2D eigenvalue weighted by molar-refractivity contribution is 5.78. The van der Waals surface area contributed by atoms with Gasteiger partial charge in [-0.2, -0.15) is 0 Å². The molecule has 0 unspecified atom stereocenters. The van der Waals surface area contributed by atoms with E-state index in [1.165, 1.54) is 0 Å². The van der Waals surface area contributed by atoms with Crippen LogP contribution in [0.1, 0.15) is 33.6 Å². The summed E-state index contributed by atoms with van der Waals surface area (Å²) in [6.45, 7) is 6.48. The molecule has 0 atom stereocenters. The monoisotopic (exact) mass is 286 g/mol. The number of likely N-dealkylation sites (tertiary alicyclic amines) is 1. The number of alkyl carbamates (subject to hydrolysis) is 1. The van der Waals surface area contributed by atoms with Crippen LogP contribution in [-0.4, -0.2) is 53.2 Å². The highest BCUT2D eigenvalue weighted by Crippen LogP contribution is 2.19. The van der Waals surface area contributed by atoms with Crippen molar-refractivity contribution >= 4 is 18.0 Å². The first kappa shape index (κ1) is 16.3. The van der Waals surface area contributed by atoms with Crippen LogP contribution in [0.2, 0.25) is 0 Å². The molecule has 0 aromatic carbocycles. The molecule has 1 saturated heterocycles. The minimum absolute atomic E-state index is 0.0512. The molecular formula is C13H22N2O5. The van der Waals surface area contributed by atoms with Crippen molar-refractivity contribution in [1.29, 1.82) is 0 Å². The van der Waals surface area contributed by atoms with Gasteiger partial charge in [-0.1, -0.05) is 0 Å². The van der Waals surface area contributed by atoms with Gasteiger partial charge in [-0.15, -0.1) is 0 Å². The Balaban J connectivity index is 2.13. The topological polar surface area (TPSA) is 95.9 Å². The van der Waals surface area contributed by atoms with E-state index in [2.05, 4.69) is 5.32 Å². The fourth-order valence-electron chi connectivity index (χ4n) is 1.89. The smallest absolute Gasteiger partial charge is 0.407 e. The van der Waals surface area contributed by atoms with Crippen LogP contribution in [0.4, 0.5) is 4.79 Å². The first-order valence-corrected chi connectivity index (χ1v) is 6.64. The van der Waals surface area contributed by atoms with Gasteiger partial charge >= 0.3 is 12.1 Å². The van der Waals surface area contributed by atoms with Crippen LogP contribution < -0.4 is 5.32 Å². The summed E-state index contributed by atoms with van der Waals surface area (Å²) < 4.78 is 5.04. The molecule has 0 spiro atoms. The lowest BCUT2D eigenvalue weighted by Crippen LogP contribution is -2.51. The van der Waals surface area contributed by atoms with Gasteiger partial charge in [0, 0.05) is 32.0 Å². The van der Waals surface area contributed by atoms with Gasteiger partial charge in [0.05, 0.1) is 6.42 Å². The van der Waals surface area contributed by atoms with E-state index in [-0.39, 0.29) is 31.2 Å². The number of carboxylic acid groups (broad SMARTS) is 1. The summed E-state index contributed by atoms with van der Waals surface area (Å²) in [7, 11) is 0. The van der Waals surface area contributed by atoms with E-state index >= 15 is 0 Å². The van der Waals surface area contributed by atoms with Crippen LogP contribution in [0.15, 0.2) is 0 Å². The Morgan fingerprint density at radius 1 is 1.30 bits per heavy atom. The van der Waals surface area contributed by atoms with Gasteiger partial charge < -0.3 is 20.1 Å². The zero-order valence-electron chi connectivity index (χ0n) is 12.1. The quantitative estimate of drug-likeness (QED) is 0.780. The molecule has 7 heteroatoms. The van der Waals surface area contributed by atoms with E-state index in [9.17, 15) is 14.4 Å². The van der Waals surface area contributed by atoms with E-state index in [0.29, 0.717) is 13.1 Å². The number of hydrogen-bond acceptors (Lipinski definition) is 4. The number of nitrogens with one attached hydrogen (secondary N) is 1. The Labute approximate surface area is 118 Å². The first-order valence-electron chi connectivity index (χ1n) is 6.64. The predicted octanol–water partition coefficient (Wildman–Crippen LogP) is 0.834. The molecule has 0 saturated carbocycles. The Bertz CT molecular complexity index is 383. The second-order valence-electron chi connectivity index (χ2n) is 5.94. The Morgan fingerprint density at radius 2 is 1.90 bits per heavy atom. The summed E-state index contributed by atoms with van der Waals surface area (Å²) >= 11 is 0. The average molecular weight is 286 g/mol.